The molecule has 0 saturated carbocycles. The van der Waals surface area contributed by atoms with Crippen molar-refractivity contribution in [3.8, 4) is 11.5 Å². The number of rotatable bonds is 8. The smallest absolute Gasteiger partial charge is 0.346 e. The number of hydrogen-bond donors (Lipinski definition) is 0. The first-order valence-corrected chi connectivity index (χ1v) is 8.56. The van der Waals surface area contributed by atoms with Crippen LogP contribution in [0.2, 0.25) is 0 Å². The maximum absolute atomic E-state index is 12.6. The van der Waals surface area contributed by atoms with Crippen LogP contribution >= 0.6 is 0 Å². The number of hydrogen-bond acceptors (Lipinski definition) is 5. The van der Waals surface area contributed by atoms with Crippen molar-refractivity contribution in [2.24, 2.45) is 0 Å². The van der Waals surface area contributed by atoms with E-state index in [4.69, 9.17) is 14.2 Å². The monoisotopic (exact) mass is 356 g/mol. The fraction of sp³-hybridized carbons (Fsp3) is 0.333. The summed E-state index contributed by atoms with van der Waals surface area (Å²) in [4.78, 5) is 25.1. The van der Waals surface area contributed by atoms with Gasteiger partial charge in [0.25, 0.3) is 0 Å². The fourth-order valence-electron chi connectivity index (χ4n) is 2.68. The first-order chi connectivity index (χ1) is 12.5. The zero-order valence-corrected chi connectivity index (χ0v) is 15.6. The van der Waals surface area contributed by atoms with E-state index in [1.807, 2.05) is 12.1 Å². The third-order valence-electron chi connectivity index (χ3n) is 4.06. The number of carbonyl (C=O) groups is 2. The molecule has 2 rings (SSSR count). The van der Waals surface area contributed by atoms with Crippen LogP contribution in [0.1, 0.15) is 46.5 Å². The van der Waals surface area contributed by atoms with Gasteiger partial charge in [0, 0.05) is 5.56 Å². The van der Waals surface area contributed by atoms with Crippen molar-refractivity contribution >= 4 is 11.8 Å². The van der Waals surface area contributed by atoms with E-state index in [1.54, 1.807) is 37.3 Å². The minimum Gasteiger partial charge on any atom is -0.496 e. The van der Waals surface area contributed by atoms with Gasteiger partial charge in [-0.1, -0.05) is 43.7 Å². The van der Waals surface area contributed by atoms with Crippen LogP contribution in [0.3, 0.4) is 0 Å². The predicted octanol–water partition coefficient (Wildman–Crippen LogP) is 4.08. The Morgan fingerprint density at radius 3 is 2.04 bits per heavy atom. The highest BCUT2D eigenvalue weighted by Crippen LogP contribution is 2.29. The zero-order chi connectivity index (χ0) is 19.1. The van der Waals surface area contributed by atoms with Crippen molar-refractivity contribution in [3.05, 3.63) is 59.2 Å². The van der Waals surface area contributed by atoms with E-state index in [9.17, 15) is 9.59 Å². The van der Waals surface area contributed by atoms with Crippen LogP contribution in [0.4, 0.5) is 0 Å². The molecule has 2 aromatic carbocycles. The Hall–Kier alpha value is -2.82. The summed E-state index contributed by atoms with van der Waals surface area (Å²) in [7, 11) is 2.91. The van der Waals surface area contributed by atoms with E-state index in [1.165, 1.54) is 19.8 Å². The second-order valence-electron chi connectivity index (χ2n) is 5.90. The zero-order valence-electron chi connectivity index (χ0n) is 15.6. The summed E-state index contributed by atoms with van der Waals surface area (Å²) in [6.07, 6.45) is 1.09. The standard InChI is InChI=1S/C21H24O5/c1-5-7-15-10-12-16(13-11-15)20(22)14(2)26-21(23)19-17(24-3)8-6-9-18(19)25-4/h6,8-14H,5,7H2,1-4H3/t14-/m0/s1. The summed E-state index contributed by atoms with van der Waals surface area (Å²) in [6.45, 7) is 3.66. The van der Waals surface area contributed by atoms with Gasteiger partial charge in [-0.15, -0.1) is 0 Å². The van der Waals surface area contributed by atoms with Gasteiger partial charge in [0.2, 0.25) is 5.78 Å². The quantitative estimate of drug-likeness (QED) is 0.527. The van der Waals surface area contributed by atoms with Gasteiger partial charge in [0.05, 0.1) is 14.2 Å². The fourth-order valence-corrected chi connectivity index (χ4v) is 2.68. The van der Waals surface area contributed by atoms with E-state index >= 15 is 0 Å². The van der Waals surface area contributed by atoms with Crippen LogP contribution in [-0.4, -0.2) is 32.1 Å². The Morgan fingerprint density at radius 2 is 1.54 bits per heavy atom. The Balaban J connectivity index is 2.15. The molecule has 0 N–H and O–H groups in total. The second-order valence-corrected chi connectivity index (χ2v) is 5.90. The van der Waals surface area contributed by atoms with Gasteiger partial charge < -0.3 is 14.2 Å². The molecule has 0 fully saturated rings. The molecule has 0 aliphatic carbocycles. The van der Waals surface area contributed by atoms with Crippen molar-refractivity contribution in [2.45, 2.75) is 32.8 Å². The van der Waals surface area contributed by atoms with Crippen molar-refractivity contribution in [1.82, 2.24) is 0 Å². The molecule has 0 aromatic heterocycles. The largest absolute Gasteiger partial charge is 0.496 e. The highest BCUT2D eigenvalue weighted by Gasteiger charge is 2.25. The molecule has 0 saturated heterocycles. The van der Waals surface area contributed by atoms with Gasteiger partial charge >= 0.3 is 5.97 Å². The van der Waals surface area contributed by atoms with Gasteiger partial charge in [-0.2, -0.15) is 0 Å². The van der Waals surface area contributed by atoms with Crippen molar-refractivity contribution in [1.29, 1.82) is 0 Å². The summed E-state index contributed by atoms with van der Waals surface area (Å²) in [5, 5.41) is 0. The van der Waals surface area contributed by atoms with Crippen molar-refractivity contribution in [3.63, 3.8) is 0 Å². The Morgan fingerprint density at radius 1 is 0.962 bits per heavy atom. The summed E-state index contributed by atoms with van der Waals surface area (Å²) < 4.78 is 15.8. The Bertz CT molecular complexity index is 742. The van der Waals surface area contributed by atoms with Crippen LogP contribution in [0.25, 0.3) is 0 Å². The highest BCUT2D eigenvalue weighted by molar-refractivity contribution is 6.02. The molecule has 2 aromatic rings. The maximum atomic E-state index is 12.6. The topological polar surface area (TPSA) is 61.8 Å². The number of carbonyl (C=O) groups excluding carboxylic acids is 2. The van der Waals surface area contributed by atoms with Crippen LogP contribution < -0.4 is 9.47 Å². The van der Waals surface area contributed by atoms with Gasteiger partial charge in [0.1, 0.15) is 17.1 Å². The molecule has 0 amide bonds. The molecule has 0 unspecified atom stereocenters. The van der Waals surface area contributed by atoms with Crippen molar-refractivity contribution in [2.75, 3.05) is 14.2 Å². The first-order valence-electron chi connectivity index (χ1n) is 8.56. The summed E-state index contributed by atoms with van der Waals surface area (Å²) in [6, 6.07) is 12.4. The lowest BCUT2D eigenvalue weighted by molar-refractivity contribution is 0.0312. The van der Waals surface area contributed by atoms with Crippen LogP contribution in [0.15, 0.2) is 42.5 Å². The molecular weight excluding hydrogens is 332 g/mol. The van der Waals surface area contributed by atoms with Gasteiger partial charge in [-0.05, 0) is 31.0 Å². The summed E-state index contributed by atoms with van der Waals surface area (Å²) >= 11 is 0. The molecule has 0 radical (unpaired) electrons. The van der Waals surface area contributed by atoms with E-state index in [-0.39, 0.29) is 11.3 Å². The SMILES string of the molecule is CCCc1ccc(C(=O)[C@H](C)OC(=O)c2c(OC)cccc2OC)cc1. The number of ether oxygens (including phenoxy) is 3. The average Bonchev–Trinajstić information content (AvgIpc) is 2.67. The molecule has 5 heteroatoms. The number of benzene rings is 2. The molecule has 0 aliphatic heterocycles. The van der Waals surface area contributed by atoms with Gasteiger partial charge in [-0.3, -0.25) is 4.79 Å². The molecule has 5 nitrogen and oxygen atoms in total. The third-order valence-corrected chi connectivity index (χ3v) is 4.06. The molecule has 0 bridgehead atoms. The third kappa shape index (κ3) is 4.42. The van der Waals surface area contributed by atoms with Crippen LogP contribution in [-0.2, 0) is 11.2 Å². The Kier molecular flexibility index (Phi) is 6.78. The van der Waals surface area contributed by atoms with Gasteiger partial charge in [0.15, 0.2) is 6.10 Å². The minimum absolute atomic E-state index is 0.162. The molecule has 26 heavy (non-hydrogen) atoms. The van der Waals surface area contributed by atoms with Crippen molar-refractivity contribution < 1.29 is 23.8 Å². The average molecular weight is 356 g/mol. The van der Waals surface area contributed by atoms with Crippen LogP contribution in [0, 0.1) is 0 Å². The molecule has 1 atom stereocenters. The highest BCUT2D eigenvalue weighted by atomic mass is 16.6. The lowest BCUT2D eigenvalue weighted by atomic mass is 10.0. The molecule has 0 aliphatic rings. The number of aryl methyl sites for hydroxylation is 1. The maximum Gasteiger partial charge on any atom is 0.346 e. The van der Waals surface area contributed by atoms with E-state index < -0.39 is 12.1 Å². The van der Waals surface area contributed by atoms with E-state index in [2.05, 4.69) is 6.92 Å². The molecular formula is C21H24O5. The summed E-state index contributed by atoms with van der Waals surface area (Å²) in [5.41, 5.74) is 1.85. The van der Waals surface area contributed by atoms with Gasteiger partial charge in [-0.25, -0.2) is 4.79 Å². The predicted molar refractivity (Wildman–Crippen MR) is 99.2 cm³/mol. The lowest BCUT2D eigenvalue weighted by Gasteiger charge is -2.16. The van der Waals surface area contributed by atoms with E-state index in [0.717, 1.165) is 12.8 Å². The normalized spacial score (nSPS) is 11.5. The van der Waals surface area contributed by atoms with Crippen LogP contribution in [0.5, 0.6) is 11.5 Å². The minimum atomic E-state index is -0.922. The number of ketones is 1. The molecule has 0 spiro atoms. The molecule has 138 valence electrons. The molecule has 0 heterocycles. The number of Topliss-reactive ketones (excluding diaryl/α,β-unsaturated/α-hetero) is 1. The second kappa shape index (κ2) is 9.04. The van der Waals surface area contributed by atoms with E-state index in [0.29, 0.717) is 17.1 Å². The first kappa shape index (κ1) is 19.5. The lowest BCUT2D eigenvalue weighted by Crippen LogP contribution is -2.25. The number of methoxy groups -OCH3 is 2. The number of esters is 1. The summed E-state index contributed by atoms with van der Waals surface area (Å²) in [5.74, 6) is -0.256. The Labute approximate surface area is 153 Å².